The molecule has 2 rings (SSSR count). The van der Waals surface area contributed by atoms with Crippen molar-refractivity contribution in [1.29, 1.82) is 0 Å². The molecule has 0 aliphatic heterocycles. The predicted molar refractivity (Wildman–Crippen MR) is 86.4 cm³/mol. The Morgan fingerprint density at radius 3 is 2.27 bits per heavy atom. The summed E-state index contributed by atoms with van der Waals surface area (Å²) in [4.78, 5) is 23.2. The van der Waals surface area contributed by atoms with E-state index in [1.54, 1.807) is 19.1 Å². The molecule has 2 aromatic rings. The molecule has 0 bridgehead atoms. The number of hydrogen-bond acceptors (Lipinski definition) is 2. The van der Waals surface area contributed by atoms with Crippen LogP contribution in [-0.2, 0) is 4.79 Å². The molecule has 6 heteroatoms. The van der Waals surface area contributed by atoms with E-state index in [4.69, 9.17) is 11.6 Å². The number of aromatic nitrogens is 1. The van der Waals surface area contributed by atoms with Gasteiger partial charge in [-0.15, -0.1) is 11.6 Å². The van der Waals surface area contributed by atoms with Gasteiger partial charge in [-0.1, -0.05) is 0 Å². The van der Waals surface area contributed by atoms with Gasteiger partial charge in [0.2, 0.25) is 5.91 Å². The van der Waals surface area contributed by atoms with Crippen molar-refractivity contribution in [3.63, 3.8) is 0 Å². The lowest BCUT2D eigenvalue weighted by atomic mass is 10.2. The monoisotopic (exact) mass is 319 g/mol. The zero-order chi connectivity index (χ0) is 15.9. The van der Waals surface area contributed by atoms with E-state index in [0.717, 1.165) is 5.69 Å². The summed E-state index contributed by atoms with van der Waals surface area (Å²) >= 11 is 5.62. The van der Waals surface area contributed by atoms with Gasteiger partial charge in [0, 0.05) is 36.7 Å². The first-order valence-corrected chi connectivity index (χ1v) is 7.45. The Morgan fingerprint density at radius 1 is 1.09 bits per heavy atom. The zero-order valence-electron chi connectivity index (χ0n) is 12.3. The second kappa shape index (κ2) is 7.66. The molecular weight excluding hydrogens is 302 g/mol. The van der Waals surface area contributed by atoms with Crippen molar-refractivity contribution in [1.82, 2.24) is 15.2 Å². The number of benzene rings is 1. The molecule has 0 radical (unpaired) electrons. The van der Waals surface area contributed by atoms with Crippen LogP contribution in [0.2, 0.25) is 0 Å². The number of alkyl halides is 1. The maximum absolute atomic E-state index is 12.0. The number of rotatable bonds is 6. The topological polar surface area (TPSA) is 63.1 Å². The third-order valence-corrected chi connectivity index (χ3v) is 3.30. The molecule has 1 atom stereocenters. The van der Waals surface area contributed by atoms with Crippen molar-refractivity contribution in [2.24, 2.45) is 0 Å². The van der Waals surface area contributed by atoms with E-state index >= 15 is 0 Å². The lowest BCUT2D eigenvalue weighted by Gasteiger charge is -2.09. The summed E-state index contributed by atoms with van der Waals surface area (Å²) in [5.41, 5.74) is 1.57. The van der Waals surface area contributed by atoms with Gasteiger partial charge in [-0.2, -0.15) is 0 Å². The smallest absolute Gasteiger partial charge is 0.251 e. The highest BCUT2D eigenvalue weighted by Gasteiger charge is 2.08. The molecular formula is C16H18ClN3O2. The van der Waals surface area contributed by atoms with E-state index in [0.29, 0.717) is 18.7 Å². The van der Waals surface area contributed by atoms with Crippen LogP contribution in [0.25, 0.3) is 5.69 Å². The van der Waals surface area contributed by atoms with Gasteiger partial charge in [0.15, 0.2) is 0 Å². The minimum Gasteiger partial charge on any atom is -0.353 e. The van der Waals surface area contributed by atoms with Crippen LogP contribution in [0.3, 0.4) is 0 Å². The Balaban J connectivity index is 1.82. The molecule has 1 aromatic carbocycles. The summed E-state index contributed by atoms with van der Waals surface area (Å²) in [6.07, 6.45) is 3.88. The highest BCUT2D eigenvalue weighted by atomic mass is 35.5. The Kier molecular flexibility index (Phi) is 5.61. The Labute approximate surface area is 134 Å². The fourth-order valence-corrected chi connectivity index (χ4v) is 1.97. The molecule has 2 N–H and O–H groups in total. The second-order valence-electron chi connectivity index (χ2n) is 4.80. The van der Waals surface area contributed by atoms with Gasteiger partial charge in [0.25, 0.3) is 5.91 Å². The number of carbonyl (C=O) groups is 2. The molecule has 2 amide bonds. The molecule has 0 fully saturated rings. The standard InChI is InChI=1S/C16H18ClN3O2/c1-12(17)15(21)18-8-9-19-16(22)13-4-6-14(7-5-13)20-10-2-3-11-20/h2-7,10-12H,8-9H2,1H3,(H,18,21)(H,19,22). The van der Waals surface area contributed by atoms with Crippen LogP contribution in [-0.4, -0.2) is 34.8 Å². The van der Waals surface area contributed by atoms with Gasteiger partial charge in [-0.05, 0) is 43.3 Å². The molecule has 22 heavy (non-hydrogen) atoms. The van der Waals surface area contributed by atoms with E-state index in [9.17, 15) is 9.59 Å². The van der Waals surface area contributed by atoms with Crippen LogP contribution in [0.15, 0.2) is 48.8 Å². The zero-order valence-corrected chi connectivity index (χ0v) is 13.0. The highest BCUT2D eigenvalue weighted by molar-refractivity contribution is 6.30. The largest absolute Gasteiger partial charge is 0.353 e. The maximum Gasteiger partial charge on any atom is 0.251 e. The van der Waals surface area contributed by atoms with E-state index in [-0.39, 0.29) is 11.8 Å². The van der Waals surface area contributed by atoms with Gasteiger partial charge in [0.1, 0.15) is 5.38 Å². The summed E-state index contributed by atoms with van der Waals surface area (Å²) in [5, 5.41) is 4.80. The highest BCUT2D eigenvalue weighted by Crippen LogP contribution is 2.09. The number of nitrogens with one attached hydrogen (secondary N) is 2. The summed E-state index contributed by atoms with van der Waals surface area (Å²) in [6.45, 7) is 2.30. The normalized spacial score (nSPS) is 11.7. The van der Waals surface area contributed by atoms with Crippen molar-refractivity contribution in [2.75, 3.05) is 13.1 Å². The van der Waals surface area contributed by atoms with Gasteiger partial charge < -0.3 is 15.2 Å². The molecule has 0 aliphatic carbocycles. The Bertz CT molecular complexity index is 621. The lowest BCUT2D eigenvalue weighted by Crippen LogP contribution is -2.37. The summed E-state index contributed by atoms with van der Waals surface area (Å²) in [6, 6.07) is 11.2. The predicted octanol–water partition coefficient (Wildman–Crippen LogP) is 1.95. The van der Waals surface area contributed by atoms with Crippen LogP contribution in [0.1, 0.15) is 17.3 Å². The number of halogens is 1. The van der Waals surface area contributed by atoms with Crippen LogP contribution in [0.5, 0.6) is 0 Å². The molecule has 1 heterocycles. The van der Waals surface area contributed by atoms with Crippen molar-refractivity contribution >= 4 is 23.4 Å². The first-order valence-electron chi connectivity index (χ1n) is 7.01. The molecule has 0 aliphatic rings. The fourth-order valence-electron chi connectivity index (χ4n) is 1.90. The van der Waals surface area contributed by atoms with Crippen molar-refractivity contribution in [3.8, 4) is 5.69 Å². The molecule has 0 saturated heterocycles. The molecule has 116 valence electrons. The minimum atomic E-state index is -0.572. The van der Waals surface area contributed by atoms with Gasteiger partial charge in [0.05, 0.1) is 0 Å². The van der Waals surface area contributed by atoms with E-state index in [2.05, 4.69) is 10.6 Å². The van der Waals surface area contributed by atoms with E-state index in [1.165, 1.54) is 0 Å². The molecule has 5 nitrogen and oxygen atoms in total. The van der Waals surface area contributed by atoms with Crippen LogP contribution >= 0.6 is 11.6 Å². The van der Waals surface area contributed by atoms with Crippen LogP contribution < -0.4 is 10.6 Å². The minimum absolute atomic E-state index is 0.174. The van der Waals surface area contributed by atoms with Crippen LogP contribution in [0.4, 0.5) is 0 Å². The Hall–Kier alpha value is -2.27. The first kappa shape index (κ1) is 16.1. The average molecular weight is 320 g/mol. The number of amides is 2. The average Bonchev–Trinajstić information content (AvgIpc) is 3.05. The van der Waals surface area contributed by atoms with Crippen molar-refractivity contribution in [2.45, 2.75) is 12.3 Å². The summed E-state index contributed by atoms with van der Waals surface area (Å²) in [5.74, 6) is -0.417. The molecule has 1 aromatic heterocycles. The number of nitrogens with zero attached hydrogens (tertiary/aromatic N) is 1. The third-order valence-electron chi connectivity index (χ3n) is 3.10. The quantitative estimate of drug-likeness (QED) is 0.631. The summed E-state index contributed by atoms with van der Waals surface area (Å²) in [7, 11) is 0. The molecule has 0 saturated carbocycles. The van der Waals surface area contributed by atoms with Gasteiger partial charge in [-0.25, -0.2) is 0 Å². The Morgan fingerprint density at radius 2 is 1.68 bits per heavy atom. The second-order valence-corrected chi connectivity index (χ2v) is 5.45. The molecule has 0 spiro atoms. The molecule has 1 unspecified atom stereocenters. The maximum atomic E-state index is 12.0. The van der Waals surface area contributed by atoms with Crippen LogP contribution in [0, 0.1) is 0 Å². The van der Waals surface area contributed by atoms with Gasteiger partial charge >= 0.3 is 0 Å². The number of carbonyl (C=O) groups excluding carboxylic acids is 2. The van der Waals surface area contributed by atoms with E-state index in [1.807, 2.05) is 41.2 Å². The van der Waals surface area contributed by atoms with Crippen molar-refractivity contribution in [3.05, 3.63) is 54.4 Å². The fraction of sp³-hybridized carbons (Fsp3) is 0.250. The van der Waals surface area contributed by atoms with Crippen molar-refractivity contribution < 1.29 is 9.59 Å². The number of hydrogen-bond donors (Lipinski definition) is 2. The first-order chi connectivity index (χ1) is 10.6. The van der Waals surface area contributed by atoms with Gasteiger partial charge in [-0.3, -0.25) is 9.59 Å². The lowest BCUT2D eigenvalue weighted by molar-refractivity contribution is -0.120. The SMILES string of the molecule is CC(Cl)C(=O)NCCNC(=O)c1ccc(-n2cccc2)cc1. The van der Waals surface area contributed by atoms with E-state index < -0.39 is 5.38 Å². The summed E-state index contributed by atoms with van der Waals surface area (Å²) < 4.78 is 1.96. The third kappa shape index (κ3) is 4.36.